The molecule has 0 radical (unpaired) electrons. The van der Waals surface area contributed by atoms with E-state index >= 15 is 0 Å². The molecule has 10 nitrogen and oxygen atoms in total. The molecule has 186 valence electrons. The third-order valence-electron chi connectivity index (χ3n) is 5.86. The molecule has 2 aromatic carbocycles. The van der Waals surface area contributed by atoms with Crippen molar-refractivity contribution in [2.24, 2.45) is 5.92 Å². The zero-order valence-corrected chi connectivity index (χ0v) is 20.5. The minimum Gasteiger partial charge on any atom is -0.469 e. The van der Waals surface area contributed by atoms with Gasteiger partial charge in [-0.05, 0) is 29.8 Å². The SMILES string of the molecule is CCC1Nc2ccc(NC3NC(=O)N(C[C@H](C)C(=O)OC)C(=O)N3Cc3ccc(Cl)cc3)cc2O1. The number of carbonyl (C=O) groups excluding carboxylic acids is 3. The molecular formula is C24H28ClN5O5. The average molecular weight is 502 g/mol. The minimum atomic E-state index is -0.843. The predicted molar refractivity (Wildman–Crippen MR) is 131 cm³/mol. The average Bonchev–Trinajstić information content (AvgIpc) is 3.27. The van der Waals surface area contributed by atoms with Gasteiger partial charge in [0.2, 0.25) is 0 Å². The number of anilines is 2. The molecule has 0 aliphatic carbocycles. The van der Waals surface area contributed by atoms with Crippen molar-refractivity contribution < 1.29 is 23.9 Å². The zero-order valence-electron chi connectivity index (χ0n) is 19.7. The topological polar surface area (TPSA) is 112 Å². The second kappa shape index (κ2) is 10.3. The molecule has 4 amide bonds. The Hall–Kier alpha value is -3.66. The first-order chi connectivity index (χ1) is 16.8. The Balaban J connectivity index is 1.57. The summed E-state index contributed by atoms with van der Waals surface area (Å²) < 4.78 is 10.6. The number of rotatable bonds is 8. The minimum absolute atomic E-state index is 0.0945. The highest BCUT2D eigenvalue weighted by Crippen LogP contribution is 2.35. The maximum Gasteiger partial charge on any atom is 0.331 e. The molecule has 1 fully saturated rings. The molecular weight excluding hydrogens is 474 g/mol. The highest BCUT2D eigenvalue weighted by atomic mass is 35.5. The number of fused-ring (bicyclic) bond motifs is 1. The maximum absolute atomic E-state index is 13.5. The van der Waals surface area contributed by atoms with Crippen molar-refractivity contribution in [3.05, 3.63) is 53.1 Å². The number of methoxy groups -OCH3 is 1. The van der Waals surface area contributed by atoms with Crippen LogP contribution in [0.1, 0.15) is 25.8 Å². The van der Waals surface area contributed by atoms with Gasteiger partial charge in [-0.25, -0.2) is 14.5 Å². The van der Waals surface area contributed by atoms with Gasteiger partial charge < -0.3 is 20.1 Å². The quantitative estimate of drug-likeness (QED) is 0.468. The smallest absolute Gasteiger partial charge is 0.331 e. The third kappa shape index (κ3) is 5.37. The summed E-state index contributed by atoms with van der Waals surface area (Å²) in [5.74, 6) is -0.496. The number of nitrogens with one attached hydrogen (secondary N) is 3. The fraction of sp³-hybridized carbons (Fsp3) is 0.375. The Bertz CT molecular complexity index is 1110. The highest BCUT2D eigenvalue weighted by Gasteiger charge is 2.40. The summed E-state index contributed by atoms with van der Waals surface area (Å²) in [4.78, 5) is 40.7. The molecule has 3 N–H and O–H groups in total. The molecule has 0 aromatic heterocycles. The molecule has 2 aliphatic rings. The lowest BCUT2D eigenvalue weighted by Gasteiger charge is -2.41. The van der Waals surface area contributed by atoms with Crippen molar-refractivity contribution in [1.29, 1.82) is 0 Å². The summed E-state index contributed by atoms with van der Waals surface area (Å²) in [5.41, 5.74) is 2.36. The Morgan fingerprint density at radius 1 is 1.20 bits per heavy atom. The van der Waals surface area contributed by atoms with Gasteiger partial charge in [0.25, 0.3) is 0 Å². The molecule has 0 spiro atoms. The molecule has 1 saturated heterocycles. The zero-order chi connectivity index (χ0) is 25.1. The second-order valence-corrected chi connectivity index (χ2v) is 8.87. The highest BCUT2D eigenvalue weighted by molar-refractivity contribution is 6.30. The normalized spacial score (nSPS) is 19.9. The van der Waals surface area contributed by atoms with Crippen LogP contribution in [0.15, 0.2) is 42.5 Å². The fourth-order valence-electron chi connectivity index (χ4n) is 3.92. The van der Waals surface area contributed by atoms with Gasteiger partial charge in [-0.15, -0.1) is 0 Å². The fourth-order valence-corrected chi connectivity index (χ4v) is 4.05. The molecule has 0 bridgehead atoms. The van der Waals surface area contributed by atoms with Gasteiger partial charge in [0.05, 0.1) is 25.3 Å². The lowest BCUT2D eigenvalue weighted by atomic mass is 10.1. The summed E-state index contributed by atoms with van der Waals surface area (Å²) in [6.45, 7) is 3.70. The van der Waals surface area contributed by atoms with Crippen LogP contribution in [-0.2, 0) is 16.1 Å². The van der Waals surface area contributed by atoms with E-state index in [2.05, 4.69) is 16.0 Å². The second-order valence-electron chi connectivity index (χ2n) is 8.44. The number of imide groups is 1. The van der Waals surface area contributed by atoms with Gasteiger partial charge in [0.15, 0.2) is 12.5 Å². The van der Waals surface area contributed by atoms with Crippen molar-refractivity contribution in [3.63, 3.8) is 0 Å². The van der Waals surface area contributed by atoms with Crippen LogP contribution in [0.3, 0.4) is 0 Å². The molecule has 11 heteroatoms. The van der Waals surface area contributed by atoms with E-state index in [0.29, 0.717) is 16.5 Å². The number of carbonyl (C=O) groups is 3. The summed E-state index contributed by atoms with van der Waals surface area (Å²) >= 11 is 6.01. The molecule has 35 heavy (non-hydrogen) atoms. The number of esters is 1. The molecule has 4 rings (SSSR count). The van der Waals surface area contributed by atoms with Gasteiger partial charge >= 0.3 is 18.0 Å². The van der Waals surface area contributed by atoms with Gasteiger partial charge in [0.1, 0.15) is 5.75 Å². The van der Waals surface area contributed by atoms with Crippen molar-refractivity contribution in [1.82, 2.24) is 15.1 Å². The van der Waals surface area contributed by atoms with Crippen LogP contribution in [0.5, 0.6) is 5.75 Å². The maximum atomic E-state index is 13.5. The Labute approximate surface area is 208 Å². The van der Waals surface area contributed by atoms with E-state index in [1.807, 2.05) is 37.3 Å². The van der Waals surface area contributed by atoms with Crippen LogP contribution in [0, 0.1) is 5.92 Å². The van der Waals surface area contributed by atoms with Crippen LogP contribution in [0.2, 0.25) is 5.02 Å². The van der Waals surface area contributed by atoms with Crippen LogP contribution >= 0.6 is 11.6 Å². The lowest BCUT2D eigenvalue weighted by molar-refractivity contribution is -0.145. The predicted octanol–water partition coefficient (Wildman–Crippen LogP) is 4.03. The summed E-state index contributed by atoms with van der Waals surface area (Å²) in [6, 6.07) is 11.5. The number of hydrogen-bond acceptors (Lipinski definition) is 7. The van der Waals surface area contributed by atoms with Crippen molar-refractivity contribution >= 4 is 41.0 Å². The monoisotopic (exact) mass is 501 g/mol. The number of nitrogens with zero attached hydrogens (tertiary/aromatic N) is 2. The van der Waals surface area contributed by atoms with E-state index in [-0.39, 0.29) is 19.3 Å². The summed E-state index contributed by atoms with van der Waals surface area (Å²) in [6.07, 6.45) is -0.132. The van der Waals surface area contributed by atoms with E-state index in [1.54, 1.807) is 19.1 Å². The first-order valence-corrected chi connectivity index (χ1v) is 11.7. The number of ether oxygens (including phenoxy) is 2. The van der Waals surface area contributed by atoms with Gasteiger partial charge in [-0.1, -0.05) is 37.6 Å². The molecule has 2 heterocycles. The molecule has 2 aliphatic heterocycles. The van der Waals surface area contributed by atoms with Crippen LogP contribution < -0.4 is 20.7 Å². The van der Waals surface area contributed by atoms with Gasteiger partial charge in [0, 0.05) is 29.7 Å². The number of urea groups is 2. The van der Waals surface area contributed by atoms with Crippen LogP contribution in [0.25, 0.3) is 0 Å². The van der Waals surface area contributed by atoms with Crippen LogP contribution in [0.4, 0.5) is 21.0 Å². The third-order valence-corrected chi connectivity index (χ3v) is 6.11. The first kappa shape index (κ1) is 24.5. The molecule has 2 aromatic rings. The number of hydrogen-bond donors (Lipinski definition) is 3. The lowest BCUT2D eigenvalue weighted by Crippen LogP contribution is -2.67. The number of halogens is 1. The van der Waals surface area contributed by atoms with E-state index in [9.17, 15) is 14.4 Å². The van der Waals surface area contributed by atoms with Crippen molar-refractivity contribution in [2.45, 2.75) is 39.3 Å². The largest absolute Gasteiger partial charge is 0.469 e. The first-order valence-electron chi connectivity index (χ1n) is 11.3. The Morgan fingerprint density at radius 2 is 1.94 bits per heavy atom. The van der Waals surface area contributed by atoms with E-state index < -0.39 is 30.2 Å². The number of benzene rings is 2. The molecule has 0 saturated carbocycles. The Morgan fingerprint density at radius 3 is 2.63 bits per heavy atom. The standard InChI is InChI=1S/C24H28ClN5O5/c1-4-20-27-18-10-9-17(11-19(18)35-20)26-22-28-23(32)30(12-14(2)21(31)34-3)24(33)29(22)13-15-5-7-16(25)8-6-15/h5-11,14,20,22,26-27H,4,12-13H2,1-3H3,(H,28,32)/t14-,20?,22?/m0/s1. The summed E-state index contributed by atoms with van der Waals surface area (Å²) in [5, 5.41) is 9.89. The Kier molecular flexibility index (Phi) is 7.20. The van der Waals surface area contributed by atoms with Gasteiger partial charge in [-0.3, -0.25) is 15.0 Å². The van der Waals surface area contributed by atoms with Crippen molar-refractivity contribution in [3.8, 4) is 5.75 Å². The van der Waals surface area contributed by atoms with Crippen molar-refractivity contribution in [2.75, 3.05) is 24.3 Å². The van der Waals surface area contributed by atoms with E-state index in [0.717, 1.165) is 22.6 Å². The van der Waals surface area contributed by atoms with Gasteiger partial charge in [-0.2, -0.15) is 0 Å². The molecule has 3 atom stereocenters. The van der Waals surface area contributed by atoms with Crippen LogP contribution in [-0.4, -0.2) is 54.0 Å². The summed E-state index contributed by atoms with van der Waals surface area (Å²) in [7, 11) is 1.27. The van der Waals surface area contributed by atoms with E-state index in [4.69, 9.17) is 21.1 Å². The number of amides is 4. The van der Waals surface area contributed by atoms with E-state index in [1.165, 1.54) is 12.0 Å². The molecule has 2 unspecified atom stereocenters.